The van der Waals surface area contributed by atoms with Crippen LogP contribution in [0.4, 0.5) is 5.69 Å². The van der Waals surface area contributed by atoms with Gasteiger partial charge in [0.05, 0.1) is 29.2 Å². The maximum absolute atomic E-state index is 13.5. The fourth-order valence-electron chi connectivity index (χ4n) is 4.14. The smallest absolute Gasteiger partial charge is 0.287 e. The van der Waals surface area contributed by atoms with Gasteiger partial charge in [-0.3, -0.25) is 14.9 Å². The van der Waals surface area contributed by atoms with Gasteiger partial charge >= 0.3 is 0 Å². The molecule has 3 heterocycles. The van der Waals surface area contributed by atoms with Gasteiger partial charge in [-0.05, 0) is 60.2 Å². The predicted molar refractivity (Wildman–Crippen MR) is 156 cm³/mol. The molecule has 0 amide bonds. The van der Waals surface area contributed by atoms with Crippen molar-refractivity contribution in [3.8, 4) is 29.0 Å². The number of nitro groups is 1. The number of hydrogen-bond acceptors (Lipinski definition) is 9. The standard InChI is InChI=1S/C29H18BrN5O6/c1-39-25-12-17(6-9-24(25)41-27-11-8-20(16-31-27)35(37)38)15-32-34-28(33-22-5-3-2-4-21(22)29(34)36)26-14-18-13-19(30)7-10-23(18)40-26/h2-16H,1H3. The summed E-state index contributed by atoms with van der Waals surface area (Å²) in [6, 6.07) is 22.2. The van der Waals surface area contributed by atoms with Gasteiger partial charge in [-0.2, -0.15) is 9.78 Å². The van der Waals surface area contributed by atoms with Crippen molar-refractivity contribution in [2.45, 2.75) is 0 Å². The third kappa shape index (κ3) is 5.15. The number of hydrogen-bond donors (Lipinski definition) is 0. The van der Waals surface area contributed by atoms with Crippen molar-refractivity contribution in [3.05, 3.63) is 116 Å². The van der Waals surface area contributed by atoms with Crippen molar-refractivity contribution < 1.29 is 18.8 Å². The lowest BCUT2D eigenvalue weighted by atomic mass is 10.2. The maximum Gasteiger partial charge on any atom is 0.287 e. The number of pyridine rings is 1. The van der Waals surface area contributed by atoms with Crippen LogP contribution in [0.2, 0.25) is 0 Å². The van der Waals surface area contributed by atoms with Gasteiger partial charge in [0.15, 0.2) is 17.3 Å². The van der Waals surface area contributed by atoms with Gasteiger partial charge in [-0.25, -0.2) is 9.97 Å². The minimum absolute atomic E-state index is 0.149. The number of aromatic nitrogens is 3. The van der Waals surface area contributed by atoms with Crippen LogP contribution in [-0.4, -0.2) is 32.9 Å². The molecule has 41 heavy (non-hydrogen) atoms. The highest BCUT2D eigenvalue weighted by molar-refractivity contribution is 9.10. The first-order valence-corrected chi connectivity index (χ1v) is 12.9. The molecule has 0 unspecified atom stereocenters. The summed E-state index contributed by atoms with van der Waals surface area (Å²) < 4.78 is 19.4. The summed E-state index contributed by atoms with van der Waals surface area (Å²) in [6.07, 6.45) is 2.60. The van der Waals surface area contributed by atoms with E-state index in [2.05, 4.69) is 26.0 Å². The van der Waals surface area contributed by atoms with E-state index in [1.165, 1.54) is 30.1 Å². The fourth-order valence-corrected chi connectivity index (χ4v) is 4.52. The van der Waals surface area contributed by atoms with Crippen LogP contribution in [0.25, 0.3) is 33.5 Å². The molecular weight excluding hydrogens is 594 g/mol. The third-order valence-electron chi connectivity index (χ3n) is 6.11. The zero-order chi connectivity index (χ0) is 28.5. The number of fused-ring (bicyclic) bond motifs is 2. The van der Waals surface area contributed by atoms with E-state index in [9.17, 15) is 14.9 Å². The molecule has 0 saturated heterocycles. The van der Waals surface area contributed by atoms with E-state index >= 15 is 0 Å². The molecule has 11 nitrogen and oxygen atoms in total. The van der Waals surface area contributed by atoms with E-state index in [-0.39, 0.29) is 23.0 Å². The predicted octanol–water partition coefficient (Wildman–Crippen LogP) is 6.56. The molecule has 6 aromatic rings. The monoisotopic (exact) mass is 611 g/mol. The SMILES string of the molecule is COc1cc(C=Nn2c(-c3cc4cc(Br)ccc4o3)nc3ccccc3c2=O)ccc1Oc1ccc([N+](=O)[O-])cn1. The first-order valence-electron chi connectivity index (χ1n) is 12.1. The minimum Gasteiger partial charge on any atom is -0.493 e. The zero-order valence-corrected chi connectivity index (χ0v) is 22.8. The second kappa shape index (κ2) is 10.7. The Labute approximate surface area is 239 Å². The number of rotatable bonds is 7. The molecule has 3 aromatic heterocycles. The van der Waals surface area contributed by atoms with Gasteiger partial charge in [0.2, 0.25) is 11.7 Å². The summed E-state index contributed by atoms with van der Waals surface area (Å²) in [5, 5.41) is 16.6. The largest absolute Gasteiger partial charge is 0.493 e. The topological polar surface area (TPSA) is 135 Å². The lowest BCUT2D eigenvalue weighted by Gasteiger charge is -2.10. The molecule has 0 aliphatic heterocycles. The van der Waals surface area contributed by atoms with Crippen molar-refractivity contribution in [2.24, 2.45) is 5.10 Å². The molecule has 0 saturated carbocycles. The number of para-hydroxylation sites is 1. The van der Waals surface area contributed by atoms with Crippen molar-refractivity contribution in [2.75, 3.05) is 7.11 Å². The van der Waals surface area contributed by atoms with Crippen molar-refractivity contribution in [1.29, 1.82) is 0 Å². The molecule has 0 atom stereocenters. The van der Waals surface area contributed by atoms with Gasteiger partial charge < -0.3 is 13.9 Å². The van der Waals surface area contributed by atoms with Crippen LogP contribution in [0, 0.1) is 10.1 Å². The van der Waals surface area contributed by atoms with E-state index < -0.39 is 4.92 Å². The summed E-state index contributed by atoms with van der Waals surface area (Å²) in [5.74, 6) is 1.49. The number of ether oxygens (including phenoxy) is 2. The van der Waals surface area contributed by atoms with E-state index in [0.29, 0.717) is 39.3 Å². The van der Waals surface area contributed by atoms with Crippen LogP contribution >= 0.6 is 15.9 Å². The molecular formula is C29H18BrN5O6. The highest BCUT2D eigenvalue weighted by atomic mass is 79.9. The Morgan fingerprint density at radius 3 is 2.68 bits per heavy atom. The summed E-state index contributed by atoms with van der Waals surface area (Å²) in [7, 11) is 1.47. The zero-order valence-electron chi connectivity index (χ0n) is 21.2. The average molecular weight is 612 g/mol. The normalized spacial score (nSPS) is 11.4. The summed E-state index contributed by atoms with van der Waals surface area (Å²) in [5.41, 5.74) is 1.25. The molecule has 3 aromatic carbocycles. The fraction of sp³-hybridized carbons (Fsp3) is 0.0345. The van der Waals surface area contributed by atoms with E-state index in [1.54, 1.807) is 36.4 Å². The molecule has 0 N–H and O–H groups in total. The van der Waals surface area contributed by atoms with Crippen LogP contribution < -0.4 is 15.0 Å². The number of methoxy groups -OCH3 is 1. The molecule has 0 bridgehead atoms. The van der Waals surface area contributed by atoms with Crippen LogP contribution in [0.5, 0.6) is 17.4 Å². The van der Waals surface area contributed by atoms with Crippen molar-refractivity contribution >= 4 is 49.7 Å². The van der Waals surface area contributed by atoms with Crippen molar-refractivity contribution in [3.63, 3.8) is 0 Å². The molecule has 0 aliphatic rings. The first kappa shape index (κ1) is 25.9. The molecule has 0 fully saturated rings. The molecule has 6 rings (SSSR count). The van der Waals surface area contributed by atoms with Crippen LogP contribution in [0.3, 0.4) is 0 Å². The first-order chi connectivity index (χ1) is 19.9. The second-order valence-corrected chi connectivity index (χ2v) is 9.65. The summed E-state index contributed by atoms with van der Waals surface area (Å²) in [4.78, 5) is 32.5. The Bertz CT molecular complexity index is 2030. The molecule has 0 radical (unpaired) electrons. The maximum atomic E-state index is 13.5. The van der Waals surface area contributed by atoms with Crippen molar-refractivity contribution in [1.82, 2.24) is 14.6 Å². The Hall–Kier alpha value is -5.36. The van der Waals surface area contributed by atoms with Gasteiger partial charge in [-0.1, -0.05) is 28.1 Å². The lowest BCUT2D eigenvalue weighted by Crippen LogP contribution is -2.20. The van der Waals surface area contributed by atoms with E-state index in [0.717, 1.165) is 16.1 Å². The summed E-state index contributed by atoms with van der Waals surface area (Å²) >= 11 is 3.47. The average Bonchev–Trinajstić information content (AvgIpc) is 3.40. The van der Waals surface area contributed by atoms with Crippen LogP contribution in [-0.2, 0) is 0 Å². The van der Waals surface area contributed by atoms with E-state index in [1.807, 2.05) is 30.3 Å². The third-order valence-corrected chi connectivity index (χ3v) is 6.60. The molecule has 0 spiro atoms. The Balaban J connectivity index is 1.38. The van der Waals surface area contributed by atoms with Crippen LogP contribution in [0.15, 0.2) is 104 Å². The highest BCUT2D eigenvalue weighted by Gasteiger charge is 2.17. The molecule has 12 heteroatoms. The van der Waals surface area contributed by atoms with Gasteiger partial charge in [0.25, 0.3) is 11.2 Å². The summed E-state index contributed by atoms with van der Waals surface area (Å²) in [6.45, 7) is 0. The number of nitrogens with zero attached hydrogens (tertiary/aromatic N) is 5. The van der Waals surface area contributed by atoms with Gasteiger partial charge in [-0.15, -0.1) is 0 Å². The number of halogens is 1. The minimum atomic E-state index is -0.541. The Morgan fingerprint density at radius 1 is 1.05 bits per heavy atom. The Kier molecular flexibility index (Phi) is 6.73. The number of benzene rings is 3. The lowest BCUT2D eigenvalue weighted by molar-refractivity contribution is -0.385. The van der Waals surface area contributed by atoms with E-state index in [4.69, 9.17) is 18.9 Å². The molecule has 0 aliphatic carbocycles. The second-order valence-electron chi connectivity index (χ2n) is 8.73. The number of furan rings is 1. The van der Waals surface area contributed by atoms with Gasteiger partial charge in [0.1, 0.15) is 11.8 Å². The van der Waals surface area contributed by atoms with Gasteiger partial charge in [0, 0.05) is 22.0 Å². The highest BCUT2D eigenvalue weighted by Crippen LogP contribution is 2.32. The molecule has 202 valence electrons. The van der Waals surface area contributed by atoms with Crippen LogP contribution in [0.1, 0.15) is 5.56 Å². The Morgan fingerprint density at radius 2 is 1.90 bits per heavy atom. The quantitative estimate of drug-likeness (QED) is 0.112.